The van der Waals surface area contributed by atoms with Crippen molar-refractivity contribution in [2.75, 3.05) is 5.32 Å². The van der Waals surface area contributed by atoms with Crippen molar-refractivity contribution < 1.29 is 15.0 Å². The first-order valence-corrected chi connectivity index (χ1v) is 6.70. The van der Waals surface area contributed by atoms with Gasteiger partial charge < -0.3 is 15.5 Å². The van der Waals surface area contributed by atoms with Gasteiger partial charge in [-0.3, -0.25) is 4.79 Å². The van der Waals surface area contributed by atoms with Gasteiger partial charge in [0.1, 0.15) is 11.5 Å². The Morgan fingerprint density at radius 1 is 1.11 bits per heavy atom. The Morgan fingerprint density at radius 3 is 2.37 bits per heavy atom. The molecule has 19 heavy (non-hydrogen) atoms. The largest absolute Gasteiger partial charge is 0.508 e. The van der Waals surface area contributed by atoms with E-state index < -0.39 is 0 Å². The summed E-state index contributed by atoms with van der Waals surface area (Å²) in [4.78, 5) is 12.0. The molecule has 0 aliphatic rings. The molecule has 0 heterocycles. The number of anilines is 1. The van der Waals surface area contributed by atoms with E-state index in [4.69, 9.17) is 0 Å². The van der Waals surface area contributed by atoms with E-state index in [1.807, 2.05) is 18.2 Å². The van der Waals surface area contributed by atoms with Gasteiger partial charge in [-0.2, -0.15) is 0 Å². The maximum Gasteiger partial charge on any atom is 0.255 e. The van der Waals surface area contributed by atoms with Gasteiger partial charge in [-0.15, -0.1) is 0 Å². The lowest BCUT2D eigenvalue weighted by Gasteiger charge is -2.09. The van der Waals surface area contributed by atoms with Gasteiger partial charge in [0.2, 0.25) is 0 Å². The summed E-state index contributed by atoms with van der Waals surface area (Å²) < 4.78 is 0. The number of halogens is 1. The Balaban J connectivity index is 2.25. The predicted octanol–water partition coefficient (Wildman–Crippen LogP) is 3.25. The van der Waals surface area contributed by atoms with Crippen LogP contribution in [-0.2, 0) is 5.33 Å². The van der Waals surface area contributed by atoms with E-state index in [0.717, 1.165) is 5.56 Å². The highest BCUT2D eigenvalue weighted by molar-refractivity contribution is 9.08. The van der Waals surface area contributed by atoms with Crippen molar-refractivity contribution in [3.63, 3.8) is 0 Å². The molecule has 0 bridgehead atoms. The molecule has 0 aliphatic heterocycles. The third-order valence-electron chi connectivity index (χ3n) is 2.57. The molecule has 0 aliphatic carbocycles. The molecule has 0 atom stereocenters. The molecule has 0 unspecified atom stereocenters. The average molecular weight is 322 g/mol. The number of aromatic hydroxyl groups is 2. The zero-order chi connectivity index (χ0) is 13.8. The molecular formula is C14H12BrNO3. The number of benzene rings is 2. The zero-order valence-electron chi connectivity index (χ0n) is 9.93. The maximum atomic E-state index is 12.0. The molecular weight excluding hydrogens is 310 g/mol. The number of alkyl halides is 1. The van der Waals surface area contributed by atoms with Gasteiger partial charge in [0.25, 0.3) is 5.91 Å². The van der Waals surface area contributed by atoms with Crippen LogP contribution in [0.2, 0.25) is 0 Å². The van der Waals surface area contributed by atoms with Crippen molar-refractivity contribution >= 4 is 27.5 Å². The van der Waals surface area contributed by atoms with Crippen LogP contribution in [0.4, 0.5) is 5.69 Å². The summed E-state index contributed by atoms with van der Waals surface area (Å²) in [7, 11) is 0. The monoisotopic (exact) mass is 321 g/mol. The van der Waals surface area contributed by atoms with Crippen LogP contribution in [-0.4, -0.2) is 16.1 Å². The standard InChI is InChI=1S/C14H12BrNO3/c15-8-9-3-1-2-4-13(9)16-14(19)10-5-11(17)7-12(18)6-10/h1-7,17-18H,8H2,(H,16,19). The fourth-order valence-electron chi connectivity index (χ4n) is 1.68. The minimum atomic E-state index is -0.389. The first-order chi connectivity index (χ1) is 9.10. The molecule has 0 saturated carbocycles. The molecule has 3 N–H and O–H groups in total. The van der Waals surface area contributed by atoms with Gasteiger partial charge in [-0.1, -0.05) is 34.1 Å². The molecule has 0 radical (unpaired) electrons. The highest BCUT2D eigenvalue weighted by Gasteiger charge is 2.10. The van der Waals surface area contributed by atoms with Crippen molar-refractivity contribution in [1.82, 2.24) is 0 Å². The molecule has 1 amide bonds. The number of hydrogen-bond donors (Lipinski definition) is 3. The first-order valence-electron chi connectivity index (χ1n) is 5.58. The molecule has 2 aromatic rings. The van der Waals surface area contributed by atoms with Gasteiger partial charge in [-0.25, -0.2) is 0 Å². The molecule has 2 rings (SSSR count). The minimum Gasteiger partial charge on any atom is -0.508 e. The number of phenols is 2. The van der Waals surface area contributed by atoms with Crippen LogP contribution < -0.4 is 5.32 Å². The fourth-order valence-corrected chi connectivity index (χ4v) is 2.17. The zero-order valence-corrected chi connectivity index (χ0v) is 11.5. The molecule has 0 spiro atoms. The number of rotatable bonds is 3. The fraction of sp³-hybridized carbons (Fsp3) is 0.0714. The maximum absolute atomic E-state index is 12.0. The number of phenolic OH excluding ortho intramolecular Hbond substituents is 2. The van der Waals surface area contributed by atoms with E-state index in [2.05, 4.69) is 21.2 Å². The third-order valence-corrected chi connectivity index (χ3v) is 3.18. The van der Waals surface area contributed by atoms with Crippen molar-refractivity contribution in [1.29, 1.82) is 0 Å². The summed E-state index contributed by atoms with van der Waals surface area (Å²) in [6.07, 6.45) is 0. The number of hydrogen-bond acceptors (Lipinski definition) is 3. The molecule has 0 aromatic heterocycles. The summed E-state index contributed by atoms with van der Waals surface area (Å²) in [6, 6.07) is 11.1. The van der Waals surface area contributed by atoms with Crippen LogP contribution in [0.5, 0.6) is 11.5 Å². The minimum absolute atomic E-state index is 0.154. The topological polar surface area (TPSA) is 69.6 Å². The Labute approximate surface area is 118 Å². The Morgan fingerprint density at radius 2 is 1.74 bits per heavy atom. The van der Waals surface area contributed by atoms with E-state index in [1.165, 1.54) is 18.2 Å². The number of carbonyl (C=O) groups is 1. The van der Waals surface area contributed by atoms with Gasteiger partial charge in [0.15, 0.2) is 0 Å². The molecule has 5 heteroatoms. The van der Waals surface area contributed by atoms with Crippen molar-refractivity contribution in [2.45, 2.75) is 5.33 Å². The van der Waals surface area contributed by atoms with Crippen LogP contribution in [0.3, 0.4) is 0 Å². The Hall–Kier alpha value is -2.01. The number of carbonyl (C=O) groups excluding carboxylic acids is 1. The molecule has 0 fully saturated rings. The Kier molecular flexibility index (Phi) is 4.06. The second-order valence-corrected chi connectivity index (χ2v) is 4.54. The normalized spacial score (nSPS) is 10.2. The second kappa shape index (κ2) is 5.75. The second-order valence-electron chi connectivity index (χ2n) is 3.98. The van der Waals surface area contributed by atoms with Crippen LogP contribution in [0, 0.1) is 0 Å². The molecule has 4 nitrogen and oxygen atoms in total. The van der Waals surface area contributed by atoms with E-state index >= 15 is 0 Å². The summed E-state index contributed by atoms with van der Waals surface area (Å²) in [6.45, 7) is 0. The first kappa shape index (κ1) is 13.4. The SMILES string of the molecule is O=C(Nc1ccccc1CBr)c1cc(O)cc(O)c1. The smallest absolute Gasteiger partial charge is 0.255 e. The van der Waals surface area contributed by atoms with E-state index in [0.29, 0.717) is 11.0 Å². The highest BCUT2D eigenvalue weighted by atomic mass is 79.9. The summed E-state index contributed by atoms with van der Waals surface area (Å²) in [5, 5.41) is 22.1. The molecule has 98 valence electrons. The average Bonchev–Trinajstić information content (AvgIpc) is 2.38. The van der Waals surface area contributed by atoms with Crippen LogP contribution in [0.1, 0.15) is 15.9 Å². The number of nitrogens with one attached hydrogen (secondary N) is 1. The molecule has 2 aromatic carbocycles. The lowest BCUT2D eigenvalue weighted by Crippen LogP contribution is -2.12. The summed E-state index contributed by atoms with van der Waals surface area (Å²) in [5.41, 5.74) is 1.83. The third kappa shape index (κ3) is 3.26. The number of amides is 1. The van der Waals surface area contributed by atoms with E-state index in [1.54, 1.807) is 6.07 Å². The summed E-state index contributed by atoms with van der Waals surface area (Å²) in [5.74, 6) is -0.697. The van der Waals surface area contributed by atoms with Gasteiger partial charge in [0, 0.05) is 22.6 Å². The van der Waals surface area contributed by atoms with Crippen LogP contribution in [0.15, 0.2) is 42.5 Å². The van der Waals surface area contributed by atoms with Gasteiger partial charge >= 0.3 is 0 Å². The highest BCUT2D eigenvalue weighted by Crippen LogP contribution is 2.23. The van der Waals surface area contributed by atoms with Crippen molar-refractivity contribution in [3.8, 4) is 11.5 Å². The van der Waals surface area contributed by atoms with Crippen LogP contribution in [0.25, 0.3) is 0 Å². The lowest BCUT2D eigenvalue weighted by molar-refractivity contribution is 0.102. The molecule has 0 saturated heterocycles. The quantitative estimate of drug-likeness (QED) is 0.760. The van der Waals surface area contributed by atoms with Crippen molar-refractivity contribution in [2.24, 2.45) is 0 Å². The van der Waals surface area contributed by atoms with Crippen molar-refractivity contribution in [3.05, 3.63) is 53.6 Å². The summed E-state index contributed by atoms with van der Waals surface area (Å²) >= 11 is 3.35. The van der Waals surface area contributed by atoms with Gasteiger partial charge in [0.05, 0.1) is 0 Å². The number of para-hydroxylation sites is 1. The predicted molar refractivity (Wildman–Crippen MR) is 76.8 cm³/mol. The Bertz CT molecular complexity index is 593. The lowest BCUT2D eigenvalue weighted by atomic mass is 10.1. The van der Waals surface area contributed by atoms with Crippen LogP contribution >= 0.6 is 15.9 Å². The van der Waals surface area contributed by atoms with E-state index in [9.17, 15) is 15.0 Å². The van der Waals surface area contributed by atoms with Gasteiger partial charge in [-0.05, 0) is 23.8 Å². The van der Waals surface area contributed by atoms with E-state index in [-0.39, 0.29) is 23.0 Å².